The number of morpholine rings is 1. The molecule has 2 aliphatic rings. The Bertz CT molecular complexity index is 783. The van der Waals surface area contributed by atoms with Crippen LogP contribution in [0.4, 0.5) is 0 Å². The van der Waals surface area contributed by atoms with Crippen molar-refractivity contribution < 1.29 is 17.9 Å². The van der Waals surface area contributed by atoms with Crippen molar-refractivity contribution in [3.05, 3.63) is 29.8 Å². The van der Waals surface area contributed by atoms with Gasteiger partial charge in [0.2, 0.25) is 10.0 Å². The van der Waals surface area contributed by atoms with Gasteiger partial charge in [0.1, 0.15) is 6.10 Å². The average molecular weight is 552 g/mol. The van der Waals surface area contributed by atoms with Crippen molar-refractivity contribution in [1.82, 2.24) is 14.9 Å². The van der Waals surface area contributed by atoms with E-state index in [9.17, 15) is 8.42 Å². The number of benzene rings is 1. The molecule has 2 atom stereocenters. The van der Waals surface area contributed by atoms with Gasteiger partial charge in [-0.2, -0.15) is 0 Å². The number of halogens is 1. The molecule has 2 aliphatic heterocycles. The Labute approximate surface area is 196 Å². The normalized spacial score (nSPS) is 22.6. The number of aliphatic imine (C=N–C) groups is 1. The fourth-order valence-electron chi connectivity index (χ4n) is 3.56. The van der Waals surface area contributed by atoms with Gasteiger partial charge in [-0.25, -0.2) is 13.1 Å². The zero-order valence-electron chi connectivity index (χ0n) is 17.7. The molecule has 1 aromatic rings. The molecule has 0 bridgehead atoms. The molecule has 10 heteroatoms. The van der Waals surface area contributed by atoms with Crippen LogP contribution in [0, 0.1) is 6.92 Å². The van der Waals surface area contributed by atoms with Crippen molar-refractivity contribution in [3.8, 4) is 0 Å². The first-order valence-corrected chi connectivity index (χ1v) is 11.8. The zero-order valence-corrected chi connectivity index (χ0v) is 20.8. The first-order chi connectivity index (χ1) is 14.0. The fraction of sp³-hybridized carbons (Fsp3) is 0.650. The molecule has 30 heavy (non-hydrogen) atoms. The molecule has 8 nitrogen and oxygen atoms in total. The Balaban J connectivity index is 0.00000320. The van der Waals surface area contributed by atoms with Crippen molar-refractivity contribution in [1.29, 1.82) is 0 Å². The molecule has 2 saturated heterocycles. The molecular weight excluding hydrogens is 519 g/mol. The maximum Gasteiger partial charge on any atom is 0.240 e. The third kappa shape index (κ3) is 7.04. The summed E-state index contributed by atoms with van der Waals surface area (Å²) in [6.45, 7) is 8.21. The van der Waals surface area contributed by atoms with Crippen LogP contribution in [-0.2, 0) is 19.5 Å². The maximum atomic E-state index is 12.4. The van der Waals surface area contributed by atoms with Gasteiger partial charge in [0, 0.05) is 32.8 Å². The van der Waals surface area contributed by atoms with Crippen molar-refractivity contribution in [3.63, 3.8) is 0 Å². The van der Waals surface area contributed by atoms with Gasteiger partial charge in [-0.1, -0.05) is 17.7 Å². The Morgan fingerprint density at radius 2 is 1.93 bits per heavy atom. The van der Waals surface area contributed by atoms with Gasteiger partial charge in [0.25, 0.3) is 0 Å². The van der Waals surface area contributed by atoms with Crippen molar-refractivity contribution >= 4 is 40.0 Å². The van der Waals surface area contributed by atoms with E-state index in [-0.39, 0.29) is 47.6 Å². The van der Waals surface area contributed by atoms with E-state index < -0.39 is 10.0 Å². The second kappa shape index (κ2) is 12.2. The summed E-state index contributed by atoms with van der Waals surface area (Å²) in [7, 11) is -3.52. The first kappa shape index (κ1) is 25.3. The van der Waals surface area contributed by atoms with Crippen LogP contribution in [0.15, 0.2) is 34.2 Å². The third-order valence-electron chi connectivity index (χ3n) is 5.10. The highest BCUT2D eigenvalue weighted by atomic mass is 127. The quantitative estimate of drug-likeness (QED) is 0.232. The van der Waals surface area contributed by atoms with Gasteiger partial charge >= 0.3 is 0 Å². The minimum atomic E-state index is -3.52. The number of sulfonamides is 1. The summed E-state index contributed by atoms with van der Waals surface area (Å²) in [5, 5.41) is 3.30. The Morgan fingerprint density at radius 1 is 1.20 bits per heavy atom. The molecule has 0 amide bonds. The smallest absolute Gasteiger partial charge is 0.240 e. The summed E-state index contributed by atoms with van der Waals surface area (Å²) in [5.74, 6) is 0.785. The zero-order chi connectivity index (χ0) is 20.7. The van der Waals surface area contributed by atoms with Gasteiger partial charge < -0.3 is 19.7 Å². The van der Waals surface area contributed by atoms with Crippen molar-refractivity contribution in [2.45, 2.75) is 43.8 Å². The maximum absolute atomic E-state index is 12.4. The predicted molar refractivity (Wildman–Crippen MR) is 128 cm³/mol. The molecule has 0 spiro atoms. The van der Waals surface area contributed by atoms with Crippen LogP contribution in [0.1, 0.15) is 25.3 Å². The van der Waals surface area contributed by atoms with Gasteiger partial charge in [-0.05, 0) is 38.8 Å². The number of aryl methyl sites for hydroxylation is 1. The summed E-state index contributed by atoms with van der Waals surface area (Å²) < 4.78 is 39.1. The number of nitrogens with one attached hydrogen (secondary N) is 2. The average Bonchev–Trinajstić information content (AvgIpc) is 3.26. The highest BCUT2D eigenvalue weighted by Crippen LogP contribution is 2.21. The first-order valence-electron chi connectivity index (χ1n) is 10.3. The standard InChI is InChI=1S/C20H32N4O4S.HI/c1-3-21-20(24-12-14-28-19(15-24)18-5-4-13-27-18)22-10-11-23-29(25,26)17-8-6-16(2)7-9-17;/h6-9,18-19,23H,3-5,10-15H2,1-2H3,(H,21,22);1H. The van der Waals surface area contributed by atoms with E-state index in [2.05, 4.69) is 19.9 Å². The summed E-state index contributed by atoms with van der Waals surface area (Å²) >= 11 is 0. The molecule has 0 aliphatic carbocycles. The second-order valence-electron chi connectivity index (χ2n) is 7.35. The summed E-state index contributed by atoms with van der Waals surface area (Å²) in [5.41, 5.74) is 1.02. The van der Waals surface area contributed by atoms with Crippen LogP contribution >= 0.6 is 24.0 Å². The largest absolute Gasteiger partial charge is 0.375 e. The SMILES string of the molecule is CCNC(=NCCNS(=O)(=O)c1ccc(C)cc1)N1CCOC(C2CCCO2)C1.I. The van der Waals surface area contributed by atoms with Crippen LogP contribution in [0.3, 0.4) is 0 Å². The van der Waals surface area contributed by atoms with Gasteiger partial charge in [0.15, 0.2) is 5.96 Å². The van der Waals surface area contributed by atoms with Crippen molar-refractivity contribution in [2.75, 3.05) is 45.9 Å². The summed E-state index contributed by atoms with van der Waals surface area (Å²) in [6.07, 6.45) is 2.32. The second-order valence-corrected chi connectivity index (χ2v) is 9.12. The minimum Gasteiger partial charge on any atom is -0.375 e. The fourth-order valence-corrected chi connectivity index (χ4v) is 4.58. The monoisotopic (exact) mass is 552 g/mol. The molecular formula is C20H33IN4O4S. The molecule has 1 aromatic carbocycles. The molecule has 170 valence electrons. The summed E-state index contributed by atoms with van der Waals surface area (Å²) in [6, 6.07) is 6.81. The highest BCUT2D eigenvalue weighted by molar-refractivity contribution is 14.0. The molecule has 2 N–H and O–H groups in total. The van der Waals surface area contributed by atoms with Crippen LogP contribution in [0.2, 0.25) is 0 Å². The van der Waals surface area contributed by atoms with E-state index in [1.807, 2.05) is 13.8 Å². The Hall–Kier alpha value is -0.950. The molecule has 2 fully saturated rings. The number of hydrogen-bond acceptors (Lipinski definition) is 5. The Morgan fingerprint density at radius 3 is 2.60 bits per heavy atom. The highest BCUT2D eigenvalue weighted by Gasteiger charge is 2.32. The molecule has 0 aromatic heterocycles. The number of rotatable bonds is 7. The molecule has 2 heterocycles. The van der Waals surface area contributed by atoms with E-state index in [0.29, 0.717) is 13.2 Å². The number of hydrogen-bond donors (Lipinski definition) is 2. The lowest BCUT2D eigenvalue weighted by molar-refractivity contribution is -0.0817. The van der Waals surface area contributed by atoms with E-state index in [4.69, 9.17) is 9.47 Å². The molecule has 0 saturated carbocycles. The lowest BCUT2D eigenvalue weighted by atomic mass is 10.1. The topological polar surface area (TPSA) is 92.3 Å². The number of guanidine groups is 1. The van der Waals surface area contributed by atoms with E-state index >= 15 is 0 Å². The number of nitrogens with zero attached hydrogens (tertiary/aromatic N) is 2. The predicted octanol–water partition coefficient (Wildman–Crippen LogP) is 1.74. The van der Waals surface area contributed by atoms with Crippen LogP contribution in [0.5, 0.6) is 0 Å². The molecule has 0 radical (unpaired) electrons. The van der Waals surface area contributed by atoms with E-state index in [1.165, 1.54) is 0 Å². The van der Waals surface area contributed by atoms with Gasteiger partial charge in [0.05, 0.1) is 24.2 Å². The van der Waals surface area contributed by atoms with Crippen molar-refractivity contribution in [2.24, 2.45) is 4.99 Å². The molecule has 2 unspecified atom stereocenters. The lowest BCUT2D eigenvalue weighted by Crippen LogP contribution is -2.53. The Kier molecular flexibility index (Phi) is 10.3. The number of ether oxygens (including phenoxy) is 2. The lowest BCUT2D eigenvalue weighted by Gasteiger charge is -2.37. The third-order valence-corrected chi connectivity index (χ3v) is 6.58. The van der Waals surface area contributed by atoms with Crippen LogP contribution < -0.4 is 10.0 Å². The van der Waals surface area contributed by atoms with Gasteiger partial charge in [-0.3, -0.25) is 4.99 Å². The van der Waals surface area contributed by atoms with E-state index in [1.54, 1.807) is 24.3 Å². The minimum absolute atomic E-state index is 0. The molecule has 3 rings (SSSR count). The van der Waals surface area contributed by atoms with E-state index in [0.717, 1.165) is 50.6 Å². The summed E-state index contributed by atoms with van der Waals surface area (Å²) in [4.78, 5) is 7.06. The van der Waals surface area contributed by atoms with Crippen LogP contribution in [-0.4, -0.2) is 77.4 Å². The van der Waals surface area contributed by atoms with Gasteiger partial charge in [-0.15, -0.1) is 24.0 Å². The van der Waals surface area contributed by atoms with Crippen LogP contribution in [0.25, 0.3) is 0 Å².